The van der Waals surface area contributed by atoms with Crippen LogP contribution in [0.2, 0.25) is 0 Å². The lowest BCUT2D eigenvalue weighted by molar-refractivity contribution is -0.253. The van der Waals surface area contributed by atoms with Crippen molar-refractivity contribution in [3.05, 3.63) is 47.0 Å². The normalized spacial score (nSPS) is 44.5. The fourth-order valence-electron chi connectivity index (χ4n) is 9.76. The first-order chi connectivity index (χ1) is 19.8. The molecule has 11 unspecified atom stereocenters. The first-order valence-corrected chi connectivity index (χ1v) is 15.0. The number of carbonyl (C=O) groups excluding carboxylic acids is 3. The molecule has 9 nitrogen and oxygen atoms in total. The van der Waals surface area contributed by atoms with Crippen LogP contribution in [0.1, 0.15) is 79.2 Å². The van der Waals surface area contributed by atoms with Crippen molar-refractivity contribution in [1.82, 2.24) is 0 Å². The van der Waals surface area contributed by atoms with Crippen LogP contribution < -0.4 is 0 Å². The van der Waals surface area contributed by atoms with Gasteiger partial charge in [-0.15, -0.1) is 0 Å². The smallest absolute Gasteiger partial charge is 0.333 e. The fraction of sp³-hybridized carbons (Fsp3) is 0.667. The lowest BCUT2D eigenvalue weighted by Crippen LogP contribution is -2.71. The number of hydrogen-bond acceptors (Lipinski definition) is 9. The van der Waals surface area contributed by atoms with Crippen LogP contribution in [-0.2, 0) is 33.3 Å². The number of aliphatic hydroxyl groups is 1. The summed E-state index contributed by atoms with van der Waals surface area (Å²) in [6.45, 7) is 13.3. The largest absolute Gasteiger partial charge is 0.472 e. The highest BCUT2D eigenvalue weighted by atomic mass is 16.6. The third kappa shape index (κ3) is 3.85. The Morgan fingerprint density at radius 3 is 2.52 bits per heavy atom. The van der Waals surface area contributed by atoms with E-state index in [2.05, 4.69) is 13.8 Å². The van der Waals surface area contributed by atoms with E-state index in [1.165, 1.54) is 6.92 Å². The molecule has 0 radical (unpaired) electrons. The van der Waals surface area contributed by atoms with Crippen molar-refractivity contribution in [2.45, 2.75) is 104 Å². The Morgan fingerprint density at radius 2 is 1.88 bits per heavy atom. The zero-order chi connectivity index (χ0) is 30.4. The minimum atomic E-state index is -0.904. The SMILES string of the molecule is CC=C(C)C(=O)OC1C2OCC3(C)C(OC(C)=O)CC(O)C(C)(C23)C2CC(=O)OC3CC(c4ccoc4)C(C)=C3C12C. The van der Waals surface area contributed by atoms with Crippen LogP contribution in [0, 0.1) is 28.1 Å². The highest BCUT2D eigenvalue weighted by molar-refractivity contribution is 5.88. The van der Waals surface area contributed by atoms with Crippen molar-refractivity contribution in [2.24, 2.45) is 28.1 Å². The summed E-state index contributed by atoms with van der Waals surface area (Å²) in [5, 5.41) is 12.0. The standard InChI is InChI=1S/C33H42O9/c1-8-16(2)30(37)42-29-27-28-31(5,15-39-27)24(40-18(4)34)13-23(35)32(28,6)22-12-25(36)41-21-11-20(19-9-10-38-14-19)17(3)26(21)33(22,29)7/h8-10,14,20-24,27-29,35H,11-13,15H2,1-7H3. The summed E-state index contributed by atoms with van der Waals surface area (Å²) >= 11 is 0. The quantitative estimate of drug-likeness (QED) is 0.234. The molecule has 42 heavy (non-hydrogen) atoms. The summed E-state index contributed by atoms with van der Waals surface area (Å²) < 4.78 is 30.5. The summed E-state index contributed by atoms with van der Waals surface area (Å²) in [4.78, 5) is 39.3. The van der Waals surface area contributed by atoms with Gasteiger partial charge in [-0.05, 0) is 50.3 Å². The molecule has 2 saturated carbocycles. The molecule has 6 rings (SSSR count). The number of carbonyl (C=O) groups is 3. The lowest BCUT2D eigenvalue weighted by atomic mass is 9.39. The van der Waals surface area contributed by atoms with Crippen LogP contribution in [0.25, 0.3) is 0 Å². The minimum absolute atomic E-state index is 0.0364. The van der Waals surface area contributed by atoms with Gasteiger partial charge in [0.05, 0.1) is 31.3 Å². The van der Waals surface area contributed by atoms with Gasteiger partial charge in [-0.3, -0.25) is 9.59 Å². The molecule has 3 aliphatic carbocycles. The van der Waals surface area contributed by atoms with Crippen LogP contribution in [-0.4, -0.2) is 60.1 Å². The maximum Gasteiger partial charge on any atom is 0.333 e. The van der Waals surface area contributed by atoms with Gasteiger partial charge < -0.3 is 28.5 Å². The van der Waals surface area contributed by atoms with Gasteiger partial charge in [-0.2, -0.15) is 0 Å². The van der Waals surface area contributed by atoms with Gasteiger partial charge in [-0.1, -0.05) is 32.4 Å². The van der Waals surface area contributed by atoms with Gasteiger partial charge in [0.2, 0.25) is 0 Å². The van der Waals surface area contributed by atoms with Gasteiger partial charge in [0.1, 0.15) is 18.3 Å². The molecule has 0 bridgehead atoms. The fourth-order valence-corrected chi connectivity index (χ4v) is 9.76. The molecule has 1 aromatic heterocycles. The number of allylic oxidation sites excluding steroid dienone is 2. The molecule has 2 saturated heterocycles. The first kappa shape index (κ1) is 29.2. The van der Waals surface area contributed by atoms with Gasteiger partial charge in [0.15, 0.2) is 0 Å². The van der Waals surface area contributed by atoms with Crippen molar-refractivity contribution in [2.75, 3.05) is 6.61 Å². The molecule has 0 spiro atoms. The average molecular weight is 583 g/mol. The molecule has 0 amide bonds. The molecule has 2 aliphatic heterocycles. The second kappa shape index (κ2) is 9.81. The zero-order valence-corrected chi connectivity index (χ0v) is 25.5. The van der Waals surface area contributed by atoms with Gasteiger partial charge >= 0.3 is 17.9 Å². The topological polar surface area (TPSA) is 122 Å². The summed E-state index contributed by atoms with van der Waals surface area (Å²) in [5.74, 6) is -2.06. The number of rotatable bonds is 4. The molecule has 0 aromatic carbocycles. The molecular weight excluding hydrogens is 540 g/mol. The summed E-state index contributed by atoms with van der Waals surface area (Å²) in [5.41, 5.74) is 1.05. The van der Waals surface area contributed by atoms with Gasteiger partial charge in [0, 0.05) is 53.4 Å². The molecule has 9 heteroatoms. The maximum absolute atomic E-state index is 13.6. The highest BCUT2D eigenvalue weighted by Crippen LogP contribution is 2.72. The van der Waals surface area contributed by atoms with Crippen molar-refractivity contribution < 1.29 is 42.9 Å². The zero-order valence-electron chi connectivity index (χ0n) is 25.5. The van der Waals surface area contributed by atoms with Crippen molar-refractivity contribution >= 4 is 17.9 Å². The van der Waals surface area contributed by atoms with Crippen LogP contribution in [0.5, 0.6) is 0 Å². The highest BCUT2D eigenvalue weighted by Gasteiger charge is 2.77. The number of furan rings is 1. The lowest BCUT2D eigenvalue weighted by Gasteiger charge is -2.65. The van der Waals surface area contributed by atoms with E-state index < -0.39 is 64.6 Å². The predicted molar refractivity (Wildman–Crippen MR) is 150 cm³/mol. The van der Waals surface area contributed by atoms with Gasteiger partial charge in [-0.25, -0.2) is 4.79 Å². The maximum atomic E-state index is 13.6. The van der Waals surface area contributed by atoms with E-state index in [0.717, 1.165) is 16.7 Å². The summed E-state index contributed by atoms with van der Waals surface area (Å²) in [6, 6.07) is 1.93. The number of hydrogen-bond donors (Lipinski definition) is 1. The molecule has 11 atom stereocenters. The third-order valence-electron chi connectivity index (χ3n) is 11.7. The number of fused-ring (bicyclic) bond motifs is 4. The van der Waals surface area contributed by atoms with Crippen LogP contribution in [0.15, 0.2) is 45.8 Å². The average Bonchev–Trinajstić information content (AvgIpc) is 3.64. The Morgan fingerprint density at radius 1 is 1.14 bits per heavy atom. The van der Waals surface area contributed by atoms with Crippen molar-refractivity contribution in [3.8, 4) is 0 Å². The third-order valence-corrected chi connectivity index (χ3v) is 11.7. The number of aliphatic hydroxyl groups excluding tert-OH is 1. The van der Waals surface area contributed by atoms with E-state index in [1.807, 2.05) is 19.9 Å². The molecule has 5 aliphatic rings. The minimum Gasteiger partial charge on any atom is -0.472 e. The molecule has 228 valence electrons. The van der Waals surface area contributed by atoms with E-state index in [-0.39, 0.29) is 37.3 Å². The summed E-state index contributed by atoms with van der Waals surface area (Å²) in [7, 11) is 0. The van der Waals surface area contributed by atoms with E-state index in [0.29, 0.717) is 12.0 Å². The Kier molecular flexibility index (Phi) is 6.81. The second-order valence-electron chi connectivity index (χ2n) is 13.7. The summed E-state index contributed by atoms with van der Waals surface area (Å²) in [6.07, 6.45) is 2.52. The van der Waals surface area contributed by atoms with Crippen LogP contribution >= 0.6 is 0 Å². The Labute approximate surface area is 246 Å². The first-order valence-electron chi connectivity index (χ1n) is 15.0. The van der Waals surface area contributed by atoms with Crippen LogP contribution in [0.3, 0.4) is 0 Å². The molecular formula is C33H42O9. The van der Waals surface area contributed by atoms with Crippen LogP contribution in [0.4, 0.5) is 0 Å². The van der Waals surface area contributed by atoms with E-state index in [4.69, 9.17) is 23.4 Å². The van der Waals surface area contributed by atoms with Crippen molar-refractivity contribution in [1.29, 1.82) is 0 Å². The predicted octanol–water partition coefficient (Wildman–Crippen LogP) is 4.64. The van der Waals surface area contributed by atoms with E-state index in [9.17, 15) is 19.5 Å². The molecule has 1 N–H and O–H groups in total. The number of esters is 3. The second-order valence-corrected chi connectivity index (χ2v) is 13.7. The van der Waals surface area contributed by atoms with E-state index in [1.54, 1.807) is 32.4 Å². The molecule has 1 aromatic rings. The van der Waals surface area contributed by atoms with Gasteiger partial charge in [0.25, 0.3) is 0 Å². The van der Waals surface area contributed by atoms with Crippen molar-refractivity contribution in [3.63, 3.8) is 0 Å². The number of ether oxygens (including phenoxy) is 4. The Balaban J connectivity index is 1.58. The Hall–Kier alpha value is -2.91. The molecule has 3 heterocycles. The monoisotopic (exact) mass is 582 g/mol. The Bertz CT molecular complexity index is 1360. The molecule has 4 fully saturated rings. The van der Waals surface area contributed by atoms with E-state index >= 15 is 0 Å².